The van der Waals surface area contributed by atoms with Crippen LogP contribution in [0.15, 0.2) is 133 Å². The fourth-order valence-corrected chi connectivity index (χ4v) is 6.87. The first-order valence-corrected chi connectivity index (χ1v) is 15.2. The third-order valence-electron chi connectivity index (χ3n) is 9.30. The maximum atomic E-state index is 2.41. The lowest BCUT2D eigenvalue weighted by atomic mass is 9.82. The van der Waals surface area contributed by atoms with E-state index in [1.807, 2.05) is 0 Å². The van der Waals surface area contributed by atoms with Crippen molar-refractivity contribution in [3.05, 3.63) is 161 Å². The summed E-state index contributed by atoms with van der Waals surface area (Å²) in [6.45, 7) is 11.3. The lowest BCUT2D eigenvalue weighted by molar-refractivity contribution is 0.660. The van der Waals surface area contributed by atoms with Gasteiger partial charge in [0.15, 0.2) is 0 Å². The zero-order valence-electron chi connectivity index (χ0n) is 25.6. The van der Waals surface area contributed by atoms with Gasteiger partial charge in [0, 0.05) is 22.5 Å². The highest BCUT2D eigenvalue weighted by atomic mass is 15.1. The second-order valence-corrected chi connectivity index (χ2v) is 12.4. The Morgan fingerprint density at radius 2 is 0.977 bits per heavy atom. The van der Waals surface area contributed by atoms with E-state index in [-0.39, 0.29) is 5.41 Å². The van der Waals surface area contributed by atoms with Crippen molar-refractivity contribution < 1.29 is 0 Å². The van der Waals surface area contributed by atoms with Gasteiger partial charge in [-0.15, -0.1) is 0 Å². The van der Waals surface area contributed by atoms with E-state index < -0.39 is 0 Å². The van der Waals surface area contributed by atoms with Gasteiger partial charge in [-0.05, 0) is 124 Å². The number of benzene rings is 6. The molecule has 0 heterocycles. The molecule has 210 valence electrons. The molecule has 43 heavy (non-hydrogen) atoms. The lowest BCUT2D eigenvalue weighted by Crippen LogP contribution is -2.16. The third kappa shape index (κ3) is 4.57. The van der Waals surface area contributed by atoms with Gasteiger partial charge in [-0.2, -0.15) is 0 Å². The molecule has 0 amide bonds. The minimum atomic E-state index is -0.0589. The van der Waals surface area contributed by atoms with Crippen molar-refractivity contribution in [3.63, 3.8) is 0 Å². The number of para-hydroxylation sites is 1. The van der Waals surface area contributed by atoms with Crippen molar-refractivity contribution in [1.82, 2.24) is 0 Å². The highest BCUT2D eigenvalue weighted by molar-refractivity contribution is 5.87. The molecule has 1 nitrogen and oxygen atoms in total. The van der Waals surface area contributed by atoms with Gasteiger partial charge in [0.1, 0.15) is 0 Å². The molecule has 6 aromatic carbocycles. The van der Waals surface area contributed by atoms with Crippen LogP contribution in [0.4, 0.5) is 17.1 Å². The number of nitrogens with zero attached hydrogens (tertiary/aromatic N) is 1. The summed E-state index contributed by atoms with van der Waals surface area (Å²) in [6.07, 6.45) is 0. The Labute approximate surface area is 256 Å². The molecule has 0 aliphatic heterocycles. The van der Waals surface area contributed by atoms with Crippen molar-refractivity contribution in [2.24, 2.45) is 0 Å². The Morgan fingerprint density at radius 3 is 1.77 bits per heavy atom. The van der Waals surface area contributed by atoms with Crippen LogP contribution >= 0.6 is 0 Å². The molecule has 0 bridgehead atoms. The molecule has 0 saturated carbocycles. The van der Waals surface area contributed by atoms with E-state index in [9.17, 15) is 0 Å². The van der Waals surface area contributed by atoms with Crippen LogP contribution in [0.2, 0.25) is 0 Å². The van der Waals surface area contributed by atoms with Gasteiger partial charge < -0.3 is 4.90 Å². The molecule has 0 unspecified atom stereocenters. The van der Waals surface area contributed by atoms with Crippen LogP contribution in [0.5, 0.6) is 0 Å². The first kappa shape index (κ1) is 27.0. The van der Waals surface area contributed by atoms with E-state index in [1.54, 1.807) is 0 Å². The van der Waals surface area contributed by atoms with Gasteiger partial charge in [-0.1, -0.05) is 105 Å². The Balaban J connectivity index is 1.38. The van der Waals surface area contributed by atoms with Crippen LogP contribution in [-0.2, 0) is 5.41 Å². The molecule has 0 aromatic heterocycles. The van der Waals surface area contributed by atoms with Crippen molar-refractivity contribution >= 4 is 17.1 Å². The highest BCUT2D eigenvalue weighted by Gasteiger charge is 2.35. The first-order valence-electron chi connectivity index (χ1n) is 15.2. The van der Waals surface area contributed by atoms with Crippen LogP contribution in [0.3, 0.4) is 0 Å². The third-order valence-corrected chi connectivity index (χ3v) is 9.30. The zero-order valence-corrected chi connectivity index (χ0v) is 25.6. The molecule has 0 N–H and O–H groups in total. The van der Waals surface area contributed by atoms with Crippen molar-refractivity contribution in [2.45, 2.75) is 40.0 Å². The average molecular weight is 556 g/mol. The summed E-state index contributed by atoms with van der Waals surface area (Å²) in [6, 6.07) is 49.1. The van der Waals surface area contributed by atoms with E-state index in [1.165, 1.54) is 66.9 Å². The van der Waals surface area contributed by atoms with E-state index in [2.05, 4.69) is 173 Å². The summed E-state index contributed by atoms with van der Waals surface area (Å²) in [7, 11) is 0. The number of anilines is 3. The summed E-state index contributed by atoms with van der Waals surface area (Å²) in [4.78, 5) is 2.40. The molecule has 6 aromatic rings. The van der Waals surface area contributed by atoms with Crippen molar-refractivity contribution in [1.29, 1.82) is 0 Å². The maximum absolute atomic E-state index is 2.41. The van der Waals surface area contributed by atoms with E-state index in [0.717, 1.165) is 11.4 Å². The van der Waals surface area contributed by atoms with E-state index >= 15 is 0 Å². The summed E-state index contributed by atoms with van der Waals surface area (Å²) in [5, 5.41) is 0. The molecule has 0 fully saturated rings. The fraction of sp³-hybridized carbons (Fsp3) is 0.143. The summed E-state index contributed by atoms with van der Waals surface area (Å²) in [5.74, 6) is 0. The molecular formula is C42H37N. The molecule has 1 aliphatic rings. The normalized spacial score (nSPS) is 13.0. The number of fused-ring (bicyclic) bond motifs is 3. The van der Waals surface area contributed by atoms with E-state index in [4.69, 9.17) is 0 Å². The van der Waals surface area contributed by atoms with Gasteiger partial charge in [-0.25, -0.2) is 0 Å². The molecule has 0 spiro atoms. The highest BCUT2D eigenvalue weighted by Crippen LogP contribution is 2.50. The number of aryl methyl sites for hydroxylation is 3. The average Bonchev–Trinajstić information content (AvgIpc) is 3.25. The quantitative estimate of drug-likeness (QED) is 0.204. The van der Waals surface area contributed by atoms with Gasteiger partial charge >= 0.3 is 0 Å². The number of hydrogen-bond acceptors (Lipinski definition) is 1. The van der Waals surface area contributed by atoms with Crippen molar-refractivity contribution in [2.75, 3.05) is 4.90 Å². The monoisotopic (exact) mass is 555 g/mol. The molecule has 1 aliphatic carbocycles. The predicted octanol–water partition coefficient (Wildman–Crippen LogP) is 11.7. The van der Waals surface area contributed by atoms with Gasteiger partial charge in [0.2, 0.25) is 0 Å². The molecular weight excluding hydrogens is 518 g/mol. The molecule has 7 rings (SSSR count). The Morgan fingerprint density at radius 1 is 0.395 bits per heavy atom. The largest absolute Gasteiger partial charge is 0.310 e. The SMILES string of the molecule is Cc1ccc(N(c2ccccc2)c2ccc3c(c2)C(C)(C)c2ccccc2-3)cc1-c1ccc(C)c(-c2ccccc2C)c1. The molecule has 0 atom stereocenters. The second kappa shape index (κ2) is 10.4. The molecule has 0 saturated heterocycles. The smallest absolute Gasteiger partial charge is 0.0467 e. The predicted molar refractivity (Wildman–Crippen MR) is 184 cm³/mol. The Bertz CT molecular complexity index is 1980. The Hall–Kier alpha value is -4.88. The first-order chi connectivity index (χ1) is 20.8. The molecule has 0 radical (unpaired) electrons. The molecule has 1 heteroatoms. The minimum absolute atomic E-state index is 0.0589. The maximum Gasteiger partial charge on any atom is 0.0467 e. The van der Waals surface area contributed by atoms with Gasteiger partial charge in [-0.3, -0.25) is 0 Å². The minimum Gasteiger partial charge on any atom is -0.310 e. The zero-order chi connectivity index (χ0) is 29.7. The van der Waals surface area contributed by atoms with Crippen molar-refractivity contribution in [3.8, 4) is 33.4 Å². The number of hydrogen-bond donors (Lipinski definition) is 0. The summed E-state index contributed by atoms with van der Waals surface area (Å²) < 4.78 is 0. The topological polar surface area (TPSA) is 3.24 Å². The van der Waals surface area contributed by atoms with Crippen LogP contribution in [-0.4, -0.2) is 0 Å². The summed E-state index contributed by atoms with van der Waals surface area (Å²) in [5.41, 5.74) is 17.8. The standard InChI is InChI=1S/C42H37N/c1-28-13-9-10-16-35(28)39-25-31(21-19-30(39)3)38-26-33(22-20-29(38)2)43(32-14-7-6-8-15-32)34-23-24-37-36-17-11-12-18-40(36)42(4,5)41(37)27-34/h6-27H,1-5H3. The van der Waals surface area contributed by atoms with Gasteiger partial charge in [0.25, 0.3) is 0 Å². The second-order valence-electron chi connectivity index (χ2n) is 12.4. The summed E-state index contributed by atoms with van der Waals surface area (Å²) >= 11 is 0. The lowest BCUT2D eigenvalue weighted by Gasteiger charge is -2.28. The van der Waals surface area contributed by atoms with Crippen LogP contribution in [0, 0.1) is 20.8 Å². The van der Waals surface area contributed by atoms with Crippen LogP contribution in [0.1, 0.15) is 41.7 Å². The van der Waals surface area contributed by atoms with Crippen LogP contribution in [0.25, 0.3) is 33.4 Å². The number of rotatable bonds is 5. The van der Waals surface area contributed by atoms with Crippen LogP contribution < -0.4 is 4.90 Å². The fourth-order valence-electron chi connectivity index (χ4n) is 6.87. The Kier molecular flexibility index (Phi) is 6.55. The van der Waals surface area contributed by atoms with E-state index in [0.29, 0.717) is 0 Å². The van der Waals surface area contributed by atoms with Gasteiger partial charge in [0.05, 0.1) is 0 Å².